The van der Waals surface area contributed by atoms with Crippen LogP contribution >= 0.6 is 0 Å². The standard InChI is InChI=1S/C19H23FN4O2/c1-26-23-17(12-15-4-2-3-5-16(15)20)14-6-10-24(11-7-14)13-18-19(25)22-9-8-21-18/h2-5,8-9,23H,6-7,10-13H2,1H3,(H,22,25). The number of halogens is 1. The number of aromatic nitrogens is 2. The normalized spacial score (nSPS) is 15.1. The summed E-state index contributed by atoms with van der Waals surface area (Å²) in [5.74, 6) is -0.213. The van der Waals surface area contributed by atoms with Crippen LogP contribution < -0.4 is 11.0 Å². The van der Waals surface area contributed by atoms with Crippen molar-refractivity contribution < 1.29 is 9.23 Å². The van der Waals surface area contributed by atoms with E-state index < -0.39 is 0 Å². The molecule has 0 amide bonds. The number of nitrogens with one attached hydrogen (secondary N) is 2. The Morgan fingerprint density at radius 2 is 2.12 bits per heavy atom. The van der Waals surface area contributed by atoms with E-state index in [2.05, 4.69) is 20.3 Å². The molecular weight excluding hydrogens is 335 g/mol. The van der Waals surface area contributed by atoms with Crippen LogP contribution in [0.2, 0.25) is 0 Å². The molecule has 6 nitrogen and oxygen atoms in total. The third kappa shape index (κ3) is 4.56. The molecule has 3 rings (SSSR count). The SMILES string of the molecule is CONC(Cc1ccccc1F)=C1CCN(Cc2ncc[nH]c2=O)CC1. The second-order valence-corrected chi connectivity index (χ2v) is 6.30. The van der Waals surface area contributed by atoms with Crippen LogP contribution in [0.15, 0.2) is 52.7 Å². The van der Waals surface area contributed by atoms with Crippen molar-refractivity contribution in [3.05, 3.63) is 75.4 Å². The van der Waals surface area contributed by atoms with Crippen LogP contribution in [0.25, 0.3) is 0 Å². The molecule has 1 aromatic carbocycles. The molecule has 0 atom stereocenters. The lowest BCUT2D eigenvalue weighted by molar-refractivity contribution is 0.113. The number of rotatable bonds is 6. The third-order valence-corrected chi connectivity index (χ3v) is 4.59. The van der Waals surface area contributed by atoms with Crippen LogP contribution in [0.5, 0.6) is 0 Å². The molecule has 26 heavy (non-hydrogen) atoms. The van der Waals surface area contributed by atoms with E-state index in [-0.39, 0.29) is 11.4 Å². The summed E-state index contributed by atoms with van der Waals surface area (Å²) in [6.45, 7) is 2.17. The Morgan fingerprint density at radius 3 is 2.81 bits per heavy atom. The summed E-state index contributed by atoms with van der Waals surface area (Å²) in [6, 6.07) is 6.78. The number of likely N-dealkylation sites (tertiary alicyclic amines) is 1. The van der Waals surface area contributed by atoms with E-state index in [4.69, 9.17) is 4.84 Å². The van der Waals surface area contributed by atoms with Crippen LogP contribution in [0, 0.1) is 5.82 Å². The van der Waals surface area contributed by atoms with Gasteiger partial charge in [-0.25, -0.2) is 4.39 Å². The number of hydrogen-bond donors (Lipinski definition) is 2. The second-order valence-electron chi connectivity index (χ2n) is 6.30. The molecule has 1 fully saturated rings. The van der Waals surface area contributed by atoms with E-state index in [9.17, 15) is 9.18 Å². The third-order valence-electron chi connectivity index (χ3n) is 4.59. The Bertz CT molecular complexity index is 824. The van der Waals surface area contributed by atoms with E-state index in [0.717, 1.165) is 31.6 Å². The van der Waals surface area contributed by atoms with Gasteiger partial charge in [-0.05, 0) is 30.0 Å². The van der Waals surface area contributed by atoms with E-state index in [0.29, 0.717) is 24.2 Å². The first-order valence-electron chi connectivity index (χ1n) is 8.65. The fourth-order valence-electron chi connectivity index (χ4n) is 3.18. The zero-order valence-corrected chi connectivity index (χ0v) is 14.8. The number of aromatic amines is 1. The van der Waals surface area contributed by atoms with Gasteiger partial charge in [-0.2, -0.15) is 0 Å². The number of nitrogens with zero attached hydrogens (tertiary/aromatic N) is 2. The minimum absolute atomic E-state index is 0.143. The lowest BCUT2D eigenvalue weighted by atomic mass is 9.97. The first-order valence-corrected chi connectivity index (χ1v) is 8.65. The molecule has 0 unspecified atom stereocenters. The van der Waals surface area contributed by atoms with Gasteiger partial charge in [0.2, 0.25) is 0 Å². The molecule has 1 aromatic heterocycles. The molecule has 2 N–H and O–H groups in total. The summed E-state index contributed by atoms with van der Waals surface area (Å²) in [4.78, 5) is 25.9. The van der Waals surface area contributed by atoms with Crippen LogP contribution in [0.1, 0.15) is 24.1 Å². The average molecular weight is 358 g/mol. The van der Waals surface area contributed by atoms with E-state index >= 15 is 0 Å². The van der Waals surface area contributed by atoms with Crippen LogP contribution in [0.3, 0.4) is 0 Å². The van der Waals surface area contributed by atoms with Crippen molar-refractivity contribution in [2.45, 2.75) is 25.8 Å². The molecule has 7 heteroatoms. The first kappa shape index (κ1) is 18.3. The minimum Gasteiger partial charge on any atom is -0.326 e. The van der Waals surface area contributed by atoms with E-state index in [1.165, 1.54) is 17.8 Å². The van der Waals surface area contributed by atoms with Crippen molar-refractivity contribution in [1.29, 1.82) is 0 Å². The Hall–Kier alpha value is -2.51. The zero-order chi connectivity index (χ0) is 18.4. The predicted octanol–water partition coefficient (Wildman–Crippen LogP) is 2.15. The lowest BCUT2D eigenvalue weighted by Gasteiger charge is -2.29. The maximum atomic E-state index is 14.0. The fourth-order valence-corrected chi connectivity index (χ4v) is 3.18. The summed E-state index contributed by atoms with van der Waals surface area (Å²) in [7, 11) is 1.56. The number of benzene rings is 1. The Labute approximate surface area is 151 Å². The fraction of sp³-hybridized carbons (Fsp3) is 0.368. The Kier molecular flexibility index (Phi) is 6.14. The van der Waals surface area contributed by atoms with Gasteiger partial charge in [0.05, 0.1) is 7.11 Å². The Morgan fingerprint density at radius 1 is 1.35 bits per heavy atom. The highest BCUT2D eigenvalue weighted by Gasteiger charge is 2.19. The zero-order valence-electron chi connectivity index (χ0n) is 14.8. The van der Waals surface area contributed by atoms with Gasteiger partial charge in [-0.3, -0.25) is 25.0 Å². The number of piperidine rings is 1. The smallest absolute Gasteiger partial charge is 0.270 e. The van der Waals surface area contributed by atoms with Crippen molar-refractivity contribution in [3.8, 4) is 0 Å². The molecule has 1 aliphatic rings. The largest absolute Gasteiger partial charge is 0.326 e. The van der Waals surface area contributed by atoms with Crippen molar-refractivity contribution in [1.82, 2.24) is 20.3 Å². The van der Waals surface area contributed by atoms with Gasteiger partial charge in [-0.15, -0.1) is 0 Å². The van der Waals surface area contributed by atoms with Gasteiger partial charge < -0.3 is 4.98 Å². The maximum absolute atomic E-state index is 14.0. The van der Waals surface area contributed by atoms with Gasteiger partial charge in [0, 0.05) is 44.1 Å². The van der Waals surface area contributed by atoms with Gasteiger partial charge >= 0.3 is 0 Å². The molecule has 0 radical (unpaired) electrons. The second kappa shape index (κ2) is 8.73. The number of hydroxylamine groups is 1. The molecule has 0 bridgehead atoms. The molecular formula is C19H23FN4O2. The molecule has 138 valence electrons. The van der Waals surface area contributed by atoms with Crippen molar-refractivity contribution in [3.63, 3.8) is 0 Å². The molecule has 0 saturated carbocycles. The average Bonchev–Trinajstić information content (AvgIpc) is 2.66. The van der Waals surface area contributed by atoms with Gasteiger partial charge in [0.25, 0.3) is 5.56 Å². The van der Waals surface area contributed by atoms with E-state index in [1.54, 1.807) is 25.4 Å². The minimum atomic E-state index is -0.213. The molecule has 2 aromatic rings. The molecule has 2 heterocycles. The molecule has 0 spiro atoms. The number of allylic oxidation sites excluding steroid dienone is 1. The lowest BCUT2D eigenvalue weighted by Crippen LogP contribution is -2.34. The number of hydrogen-bond acceptors (Lipinski definition) is 5. The van der Waals surface area contributed by atoms with Crippen molar-refractivity contribution in [2.24, 2.45) is 0 Å². The summed E-state index contributed by atoms with van der Waals surface area (Å²) >= 11 is 0. The van der Waals surface area contributed by atoms with Crippen LogP contribution in [-0.2, 0) is 17.8 Å². The number of H-pyrrole nitrogens is 1. The summed E-state index contributed by atoms with van der Waals surface area (Å²) in [6.07, 6.45) is 5.28. The van der Waals surface area contributed by atoms with Crippen molar-refractivity contribution in [2.75, 3.05) is 20.2 Å². The monoisotopic (exact) mass is 358 g/mol. The molecule has 0 aliphatic carbocycles. The summed E-state index contributed by atoms with van der Waals surface area (Å²) < 4.78 is 14.0. The van der Waals surface area contributed by atoms with Crippen LogP contribution in [0.4, 0.5) is 4.39 Å². The molecule has 1 saturated heterocycles. The highest BCUT2D eigenvalue weighted by atomic mass is 19.1. The predicted molar refractivity (Wildman–Crippen MR) is 96.6 cm³/mol. The maximum Gasteiger partial charge on any atom is 0.270 e. The van der Waals surface area contributed by atoms with Crippen molar-refractivity contribution >= 4 is 0 Å². The van der Waals surface area contributed by atoms with Gasteiger partial charge in [-0.1, -0.05) is 18.2 Å². The van der Waals surface area contributed by atoms with Gasteiger partial charge in [0.15, 0.2) is 0 Å². The Balaban J connectivity index is 1.67. The summed E-state index contributed by atoms with van der Waals surface area (Å²) in [5.41, 5.74) is 6.09. The van der Waals surface area contributed by atoms with Crippen LogP contribution in [-0.4, -0.2) is 35.1 Å². The highest BCUT2D eigenvalue weighted by molar-refractivity contribution is 5.26. The topological polar surface area (TPSA) is 70.2 Å². The molecule has 1 aliphatic heterocycles. The first-order chi connectivity index (χ1) is 12.7. The quantitative estimate of drug-likeness (QED) is 0.775. The highest BCUT2D eigenvalue weighted by Crippen LogP contribution is 2.23. The van der Waals surface area contributed by atoms with Gasteiger partial charge in [0.1, 0.15) is 11.5 Å². The summed E-state index contributed by atoms with van der Waals surface area (Å²) in [5, 5.41) is 0. The van der Waals surface area contributed by atoms with E-state index in [1.807, 2.05) is 6.07 Å².